The number of fused-ring (bicyclic) bond motifs is 3. The van der Waals surface area contributed by atoms with Crippen LogP contribution in [0.15, 0.2) is 40.8 Å². The molecule has 2 bridgehead atoms. The average Bonchev–Trinajstić information content (AvgIpc) is 3.39. The van der Waals surface area contributed by atoms with Crippen LogP contribution in [0.1, 0.15) is 12.8 Å². The van der Waals surface area contributed by atoms with E-state index in [1.54, 1.807) is 23.6 Å². The molecular weight excluding hydrogens is 348 g/mol. The van der Waals surface area contributed by atoms with Crippen molar-refractivity contribution in [2.24, 2.45) is 0 Å². The molecule has 2 unspecified atom stereocenters. The van der Waals surface area contributed by atoms with Crippen LogP contribution in [0.4, 0.5) is 6.01 Å². The van der Waals surface area contributed by atoms with Crippen molar-refractivity contribution in [2.45, 2.75) is 24.9 Å². The van der Waals surface area contributed by atoms with Crippen LogP contribution in [0.2, 0.25) is 0 Å². The fourth-order valence-electron chi connectivity index (χ4n) is 3.84. The van der Waals surface area contributed by atoms with Crippen molar-refractivity contribution < 1.29 is 9.15 Å². The highest BCUT2D eigenvalue weighted by Gasteiger charge is 2.34. The smallest absolute Gasteiger partial charge is 0.298 e. The summed E-state index contributed by atoms with van der Waals surface area (Å²) in [5, 5.41) is 6.51. The first kappa shape index (κ1) is 15.8. The second kappa shape index (κ2) is 6.41. The molecule has 6 nitrogen and oxygen atoms in total. The maximum atomic E-state index is 6.22. The van der Waals surface area contributed by atoms with E-state index < -0.39 is 0 Å². The zero-order chi connectivity index (χ0) is 17.5. The number of hydrogen-bond donors (Lipinski definition) is 1. The van der Waals surface area contributed by atoms with Gasteiger partial charge in [0.05, 0.1) is 5.56 Å². The van der Waals surface area contributed by atoms with E-state index in [2.05, 4.69) is 21.8 Å². The Kier molecular flexibility index (Phi) is 3.90. The highest BCUT2D eigenvalue weighted by Crippen LogP contribution is 2.37. The zero-order valence-electron chi connectivity index (χ0n) is 14.4. The van der Waals surface area contributed by atoms with E-state index in [1.165, 1.54) is 12.8 Å². The maximum Gasteiger partial charge on any atom is 0.298 e. The van der Waals surface area contributed by atoms with Gasteiger partial charge in [0, 0.05) is 42.8 Å². The average molecular weight is 368 g/mol. The highest BCUT2D eigenvalue weighted by atomic mass is 32.1. The van der Waals surface area contributed by atoms with Crippen molar-refractivity contribution in [3.63, 3.8) is 0 Å². The fourth-order valence-corrected chi connectivity index (χ4v) is 4.49. The van der Waals surface area contributed by atoms with Gasteiger partial charge in [0.1, 0.15) is 22.9 Å². The zero-order valence-corrected chi connectivity index (χ0v) is 15.2. The molecule has 2 atom stereocenters. The standard InChI is InChI=1S/C19H20N4O2S/c1-2-6-24-14-8-15(18-20-5-7-26-18)17-16(9-14)22-19(25-17)23-10-12-3-4-13(11-23)21-12/h2,5,7-9,12-13,21H,1,3-4,6,10-11H2. The van der Waals surface area contributed by atoms with Crippen molar-refractivity contribution in [3.05, 3.63) is 36.4 Å². The normalized spacial score (nSPS) is 22.1. The molecule has 1 N–H and O–H groups in total. The number of thiazole rings is 1. The van der Waals surface area contributed by atoms with Gasteiger partial charge >= 0.3 is 0 Å². The molecule has 0 aliphatic carbocycles. The molecule has 0 amide bonds. The summed E-state index contributed by atoms with van der Waals surface area (Å²) in [4.78, 5) is 11.5. The van der Waals surface area contributed by atoms with Crippen LogP contribution in [0, 0.1) is 0 Å². The van der Waals surface area contributed by atoms with Crippen molar-refractivity contribution in [1.82, 2.24) is 15.3 Å². The summed E-state index contributed by atoms with van der Waals surface area (Å²) in [5.74, 6) is 0.753. The van der Waals surface area contributed by atoms with E-state index in [4.69, 9.17) is 14.1 Å². The number of nitrogens with zero attached hydrogens (tertiary/aromatic N) is 3. The Bertz CT molecular complexity index is 925. The van der Waals surface area contributed by atoms with E-state index in [9.17, 15) is 0 Å². The number of piperazine rings is 1. The Hall–Kier alpha value is -2.38. The van der Waals surface area contributed by atoms with E-state index in [0.717, 1.165) is 40.5 Å². The predicted molar refractivity (Wildman–Crippen MR) is 103 cm³/mol. The molecule has 2 aromatic heterocycles. The lowest BCUT2D eigenvalue weighted by molar-refractivity contribution is 0.364. The third-order valence-electron chi connectivity index (χ3n) is 4.97. The number of benzene rings is 1. The van der Waals surface area contributed by atoms with Gasteiger partial charge in [-0.1, -0.05) is 12.7 Å². The van der Waals surface area contributed by atoms with Crippen molar-refractivity contribution in [3.8, 4) is 16.3 Å². The molecule has 2 aliphatic rings. The highest BCUT2D eigenvalue weighted by molar-refractivity contribution is 7.13. The van der Waals surface area contributed by atoms with Gasteiger partial charge in [0.15, 0.2) is 5.58 Å². The minimum Gasteiger partial charge on any atom is -0.489 e. The minimum atomic E-state index is 0.453. The number of aromatic nitrogens is 2. The molecule has 1 aromatic carbocycles. The third kappa shape index (κ3) is 2.77. The fraction of sp³-hybridized carbons (Fsp3) is 0.368. The van der Waals surface area contributed by atoms with Crippen LogP contribution >= 0.6 is 11.3 Å². The van der Waals surface area contributed by atoms with E-state index in [1.807, 2.05) is 17.5 Å². The summed E-state index contributed by atoms with van der Waals surface area (Å²) < 4.78 is 12.0. The predicted octanol–water partition coefficient (Wildman–Crippen LogP) is 3.46. The molecular formula is C19H20N4O2S. The molecule has 7 heteroatoms. The Morgan fingerprint density at radius 3 is 2.92 bits per heavy atom. The Morgan fingerprint density at radius 2 is 2.19 bits per heavy atom. The summed E-state index contributed by atoms with van der Waals surface area (Å²) >= 11 is 1.58. The van der Waals surface area contributed by atoms with Gasteiger partial charge in [-0.15, -0.1) is 11.3 Å². The van der Waals surface area contributed by atoms with Crippen LogP contribution in [0.25, 0.3) is 21.7 Å². The minimum absolute atomic E-state index is 0.453. The topological polar surface area (TPSA) is 63.4 Å². The summed E-state index contributed by atoms with van der Waals surface area (Å²) in [6.07, 6.45) is 5.99. The third-order valence-corrected chi connectivity index (χ3v) is 5.78. The number of ether oxygens (including phenoxy) is 1. The summed E-state index contributed by atoms with van der Waals surface area (Å²) in [5.41, 5.74) is 2.50. The van der Waals surface area contributed by atoms with Gasteiger partial charge in [-0.3, -0.25) is 0 Å². The van der Waals surface area contributed by atoms with E-state index in [-0.39, 0.29) is 0 Å². The van der Waals surface area contributed by atoms with Crippen LogP contribution < -0.4 is 15.0 Å². The lowest BCUT2D eigenvalue weighted by Crippen LogP contribution is -2.51. The monoisotopic (exact) mass is 368 g/mol. The molecule has 0 radical (unpaired) electrons. The van der Waals surface area contributed by atoms with E-state index in [0.29, 0.717) is 24.7 Å². The largest absolute Gasteiger partial charge is 0.489 e. The number of rotatable bonds is 5. The van der Waals surface area contributed by atoms with Crippen LogP contribution in [0.5, 0.6) is 5.75 Å². The number of anilines is 1. The van der Waals surface area contributed by atoms with Gasteiger partial charge in [-0.05, 0) is 18.9 Å². The first-order chi connectivity index (χ1) is 12.8. The van der Waals surface area contributed by atoms with Gasteiger partial charge in [-0.25, -0.2) is 4.98 Å². The first-order valence-electron chi connectivity index (χ1n) is 8.89. The lowest BCUT2D eigenvalue weighted by atomic mass is 10.2. The van der Waals surface area contributed by atoms with Crippen LogP contribution in [-0.2, 0) is 0 Å². The molecule has 0 spiro atoms. The SMILES string of the molecule is C=CCOc1cc(-c2nccs2)c2oc(N3CC4CCC(C3)N4)nc2c1. The molecule has 5 rings (SSSR count). The molecule has 2 aliphatic heterocycles. The summed E-state index contributed by atoms with van der Waals surface area (Å²) in [6, 6.07) is 5.67. The summed E-state index contributed by atoms with van der Waals surface area (Å²) in [6.45, 7) is 6.05. The Balaban J connectivity index is 1.57. The molecule has 2 saturated heterocycles. The molecule has 2 fully saturated rings. The quantitative estimate of drug-likeness (QED) is 0.696. The van der Waals surface area contributed by atoms with E-state index >= 15 is 0 Å². The number of oxazole rings is 1. The van der Waals surface area contributed by atoms with Crippen LogP contribution in [0.3, 0.4) is 0 Å². The molecule has 0 saturated carbocycles. The maximum absolute atomic E-state index is 6.22. The number of hydrogen-bond acceptors (Lipinski definition) is 7. The molecule has 134 valence electrons. The first-order valence-corrected chi connectivity index (χ1v) is 9.77. The Morgan fingerprint density at radius 1 is 1.35 bits per heavy atom. The van der Waals surface area contributed by atoms with Gasteiger partial charge in [0.25, 0.3) is 6.01 Å². The van der Waals surface area contributed by atoms with Crippen molar-refractivity contribution in [2.75, 3.05) is 24.6 Å². The Labute approximate surface area is 155 Å². The second-order valence-electron chi connectivity index (χ2n) is 6.80. The molecule has 3 aromatic rings. The lowest BCUT2D eigenvalue weighted by Gasteiger charge is -2.31. The molecule has 4 heterocycles. The number of nitrogens with one attached hydrogen (secondary N) is 1. The van der Waals surface area contributed by atoms with Gasteiger partial charge in [-0.2, -0.15) is 4.98 Å². The summed E-state index contributed by atoms with van der Waals surface area (Å²) in [7, 11) is 0. The van der Waals surface area contributed by atoms with Crippen LogP contribution in [-0.4, -0.2) is 41.7 Å². The van der Waals surface area contributed by atoms with Crippen molar-refractivity contribution in [1.29, 1.82) is 0 Å². The second-order valence-corrected chi connectivity index (χ2v) is 7.69. The molecule has 26 heavy (non-hydrogen) atoms. The van der Waals surface area contributed by atoms with Gasteiger partial charge in [0.2, 0.25) is 0 Å². The van der Waals surface area contributed by atoms with Gasteiger partial charge < -0.3 is 19.4 Å². The van der Waals surface area contributed by atoms with Crippen molar-refractivity contribution >= 4 is 28.5 Å².